The fourth-order valence-corrected chi connectivity index (χ4v) is 3.39. The van der Waals surface area contributed by atoms with Gasteiger partial charge in [0.2, 0.25) is 5.91 Å². The molecule has 1 fully saturated rings. The maximum atomic E-state index is 13.8. The van der Waals surface area contributed by atoms with Gasteiger partial charge in [-0.05, 0) is 30.3 Å². The number of rotatable bonds is 7. The van der Waals surface area contributed by atoms with Crippen LogP contribution in [0, 0.1) is 17.1 Å². The Morgan fingerprint density at radius 2 is 1.97 bits per heavy atom. The quantitative estimate of drug-likeness (QED) is 0.703. The van der Waals surface area contributed by atoms with E-state index in [0.29, 0.717) is 62.3 Å². The highest BCUT2D eigenvalue weighted by atomic mass is 35.5. The van der Waals surface area contributed by atoms with Gasteiger partial charge >= 0.3 is 0 Å². The molecule has 152 valence electrons. The molecule has 1 N–H and O–H groups in total. The summed E-state index contributed by atoms with van der Waals surface area (Å²) in [6.45, 7) is 3.63. The molecular weight excluding hydrogens is 395 g/mol. The summed E-state index contributed by atoms with van der Waals surface area (Å²) in [5.41, 5.74) is 0.674. The Balaban J connectivity index is 1.39. The SMILES string of the molecule is N#Cc1c(F)cccc1N1CCN(CC(=O)NCCOc2cccc(Cl)c2)CC1. The molecule has 0 aromatic heterocycles. The summed E-state index contributed by atoms with van der Waals surface area (Å²) >= 11 is 5.90. The number of anilines is 1. The minimum Gasteiger partial charge on any atom is -0.492 e. The fraction of sp³-hybridized carbons (Fsp3) is 0.333. The van der Waals surface area contributed by atoms with Gasteiger partial charge in [0.1, 0.15) is 29.8 Å². The molecule has 2 aromatic carbocycles. The first-order valence-electron chi connectivity index (χ1n) is 9.38. The van der Waals surface area contributed by atoms with Crippen molar-refractivity contribution in [1.82, 2.24) is 10.2 Å². The average Bonchev–Trinajstić information content (AvgIpc) is 2.72. The van der Waals surface area contributed by atoms with Crippen LogP contribution in [-0.2, 0) is 4.79 Å². The van der Waals surface area contributed by atoms with Crippen LogP contribution in [0.2, 0.25) is 5.02 Å². The van der Waals surface area contributed by atoms with Crippen molar-refractivity contribution in [2.75, 3.05) is 50.8 Å². The van der Waals surface area contributed by atoms with Crippen molar-refractivity contribution >= 4 is 23.2 Å². The molecular formula is C21H22ClFN4O2. The lowest BCUT2D eigenvalue weighted by atomic mass is 10.1. The van der Waals surface area contributed by atoms with E-state index in [0.717, 1.165) is 0 Å². The van der Waals surface area contributed by atoms with Crippen LogP contribution in [0.1, 0.15) is 5.56 Å². The molecule has 2 aromatic rings. The van der Waals surface area contributed by atoms with Gasteiger partial charge in [-0.3, -0.25) is 9.69 Å². The first-order valence-corrected chi connectivity index (χ1v) is 9.75. The van der Waals surface area contributed by atoms with Crippen LogP contribution in [0.5, 0.6) is 5.75 Å². The normalized spacial score (nSPS) is 14.3. The van der Waals surface area contributed by atoms with Crippen LogP contribution in [-0.4, -0.2) is 56.7 Å². The number of nitrogens with zero attached hydrogens (tertiary/aromatic N) is 3. The van der Waals surface area contributed by atoms with Crippen molar-refractivity contribution in [3.63, 3.8) is 0 Å². The first kappa shape index (κ1) is 20.9. The maximum absolute atomic E-state index is 13.8. The summed E-state index contributed by atoms with van der Waals surface area (Å²) in [5, 5.41) is 12.6. The van der Waals surface area contributed by atoms with Gasteiger partial charge in [0, 0.05) is 31.2 Å². The second-order valence-corrected chi connectivity index (χ2v) is 7.10. The van der Waals surface area contributed by atoms with Crippen LogP contribution in [0.4, 0.5) is 10.1 Å². The van der Waals surface area contributed by atoms with Gasteiger partial charge in [-0.2, -0.15) is 5.26 Å². The third-order valence-electron chi connectivity index (χ3n) is 4.67. The second-order valence-electron chi connectivity index (χ2n) is 6.66. The number of hydrogen-bond donors (Lipinski definition) is 1. The van der Waals surface area contributed by atoms with E-state index in [1.54, 1.807) is 30.3 Å². The van der Waals surface area contributed by atoms with Crippen molar-refractivity contribution in [2.24, 2.45) is 0 Å². The second kappa shape index (κ2) is 10.1. The monoisotopic (exact) mass is 416 g/mol. The third-order valence-corrected chi connectivity index (χ3v) is 4.91. The predicted octanol–water partition coefficient (Wildman–Crippen LogP) is 2.67. The standard InChI is InChI=1S/C21H22ClFN4O2/c22-16-3-1-4-17(13-16)29-12-7-25-21(28)15-26-8-10-27(11-9-26)20-6-2-5-19(23)18(20)14-24/h1-6,13H,7-12,15H2,(H,25,28). The Morgan fingerprint density at radius 1 is 1.21 bits per heavy atom. The van der Waals surface area contributed by atoms with E-state index in [4.69, 9.17) is 16.3 Å². The molecule has 8 heteroatoms. The van der Waals surface area contributed by atoms with Gasteiger partial charge in [0.15, 0.2) is 0 Å². The zero-order valence-corrected chi connectivity index (χ0v) is 16.7. The minimum absolute atomic E-state index is 0.0680. The smallest absolute Gasteiger partial charge is 0.234 e. The number of benzene rings is 2. The third kappa shape index (κ3) is 5.83. The molecule has 29 heavy (non-hydrogen) atoms. The van der Waals surface area contributed by atoms with Crippen LogP contribution in [0.15, 0.2) is 42.5 Å². The number of piperazine rings is 1. The number of nitriles is 1. The number of hydrogen-bond acceptors (Lipinski definition) is 5. The number of carbonyl (C=O) groups is 1. The number of carbonyl (C=O) groups excluding carboxylic acids is 1. The van der Waals surface area contributed by atoms with E-state index in [1.165, 1.54) is 6.07 Å². The number of amides is 1. The lowest BCUT2D eigenvalue weighted by molar-refractivity contribution is -0.122. The lowest BCUT2D eigenvalue weighted by Crippen LogP contribution is -2.50. The van der Waals surface area contributed by atoms with Gasteiger partial charge < -0.3 is 15.0 Å². The maximum Gasteiger partial charge on any atom is 0.234 e. The van der Waals surface area contributed by atoms with E-state index >= 15 is 0 Å². The number of nitrogens with one attached hydrogen (secondary N) is 1. The lowest BCUT2D eigenvalue weighted by Gasteiger charge is -2.36. The summed E-state index contributed by atoms with van der Waals surface area (Å²) in [4.78, 5) is 16.2. The van der Waals surface area contributed by atoms with Crippen molar-refractivity contribution in [3.05, 3.63) is 58.9 Å². The van der Waals surface area contributed by atoms with E-state index in [-0.39, 0.29) is 11.5 Å². The molecule has 0 atom stereocenters. The Labute approximate surface area is 174 Å². The average molecular weight is 417 g/mol. The largest absolute Gasteiger partial charge is 0.492 e. The molecule has 0 saturated carbocycles. The molecule has 1 aliphatic heterocycles. The molecule has 1 heterocycles. The Hall–Kier alpha value is -2.82. The van der Waals surface area contributed by atoms with Gasteiger partial charge in [0.25, 0.3) is 0 Å². The van der Waals surface area contributed by atoms with Gasteiger partial charge in [0.05, 0.1) is 18.8 Å². The highest BCUT2D eigenvalue weighted by Crippen LogP contribution is 2.23. The van der Waals surface area contributed by atoms with Crippen molar-refractivity contribution in [3.8, 4) is 11.8 Å². The molecule has 0 radical (unpaired) electrons. The zero-order valence-electron chi connectivity index (χ0n) is 15.9. The van der Waals surface area contributed by atoms with Crippen molar-refractivity contribution < 1.29 is 13.9 Å². The Morgan fingerprint density at radius 3 is 2.69 bits per heavy atom. The molecule has 1 aliphatic rings. The molecule has 0 spiro atoms. The van der Waals surface area contributed by atoms with Gasteiger partial charge in [-0.25, -0.2) is 4.39 Å². The predicted molar refractivity (Wildman–Crippen MR) is 110 cm³/mol. The number of halogens is 2. The molecule has 1 amide bonds. The highest BCUT2D eigenvalue weighted by Gasteiger charge is 2.21. The molecule has 1 saturated heterocycles. The van der Waals surface area contributed by atoms with Gasteiger partial charge in [-0.15, -0.1) is 0 Å². The Bertz CT molecular complexity index is 894. The fourth-order valence-electron chi connectivity index (χ4n) is 3.21. The Kier molecular flexibility index (Phi) is 7.28. The molecule has 6 nitrogen and oxygen atoms in total. The molecule has 0 aliphatic carbocycles. The van der Waals surface area contributed by atoms with Gasteiger partial charge in [-0.1, -0.05) is 23.7 Å². The van der Waals surface area contributed by atoms with Crippen molar-refractivity contribution in [2.45, 2.75) is 0 Å². The molecule has 0 bridgehead atoms. The molecule has 0 unspecified atom stereocenters. The van der Waals surface area contributed by atoms with Crippen molar-refractivity contribution in [1.29, 1.82) is 5.26 Å². The summed E-state index contributed by atoms with van der Waals surface area (Å²) in [5.74, 6) is 0.0837. The summed E-state index contributed by atoms with van der Waals surface area (Å²) in [6, 6.07) is 13.7. The molecule has 3 rings (SSSR count). The van der Waals surface area contributed by atoms with Crippen LogP contribution < -0.4 is 15.0 Å². The van der Waals surface area contributed by atoms with E-state index < -0.39 is 5.82 Å². The zero-order chi connectivity index (χ0) is 20.6. The summed E-state index contributed by atoms with van der Waals surface area (Å²) < 4.78 is 19.3. The van der Waals surface area contributed by atoms with Crippen LogP contribution >= 0.6 is 11.6 Å². The highest BCUT2D eigenvalue weighted by molar-refractivity contribution is 6.30. The van der Waals surface area contributed by atoms with E-state index in [1.807, 2.05) is 21.9 Å². The summed E-state index contributed by atoms with van der Waals surface area (Å²) in [6.07, 6.45) is 0. The first-order chi connectivity index (χ1) is 14.1. The minimum atomic E-state index is -0.508. The number of ether oxygens (including phenoxy) is 1. The van der Waals surface area contributed by atoms with Crippen LogP contribution in [0.3, 0.4) is 0 Å². The van der Waals surface area contributed by atoms with E-state index in [2.05, 4.69) is 5.32 Å². The van der Waals surface area contributed by atoms with E-state index in [9.17, 15) is 14.4 Å². The van der Waals surface area contributed by atoms with Crippen LogP contribution in [0.25, 0.3) is 0 Å². The summed E-state index contributed by atoms with van der Waals surface area (Å²) in [7, 11) is 0. The topological polar surface area (TPSA) is 68.6 Å².